The number of benzene rings is 1. The van der Waals surface area contributed by atoms with Gasteiger partial charge in [-0.05, 0) is 49.4 Å². The van der Waals surface area contributed by atoms with Crippen molar-refractivity contribution in [2.24, 2.45) is 5.73 Å². The van der Waals surface area contributed by atoms with Crippen molar-refractivity contribution in [3.63, 3.8) is 0 Å². The van der Waals surface area contributed by atoms with Gasteiger partial charge in [-0.15, -0.1) is 0 Å². The minimum Gasteiger partial charge on any atom is -0.371 e. The summed E-state index contributed by atoms with van der Waals surface area (Å²) in [5.41, 5.74) is 8.21. The summed E-state index contributed by atoms with van der Waals surface area (Å²) in [6, 6.07) is 5.22. The molecule has 17 heavy (non-hydrogen) atoms. The predicted molar refractivity (Wildman–Crippen MR) is 69.8 cm³/mol. The maximum Gasteiger partial charge on any atom is 0.123 e. The van der Waals surface area contributed by atoms with E-state index in [4.69, 9.17) is 5.73 Å². The molecule has 2 N–H and O–H groups in total. The van der Waals surface area contributed by atoms with E-state index in [9.17, 15) is 4.39 Å². The van der Waals surface area contributed by atoms with E-state index >= 15 is 0 Å². The number of halogens is 1. The molecular weight excluding hydrogens is 215 g/mol. The number of rotatable bonds is 4. The van der Waals surface area contributed by atoms with E-state index in [1.165, 1.54) is 18.5 Å². The summed E-state index contributed by atoms with van der Waals surface area (Å²) in [5, 5.41) is 0. The number of hydrogen-bond donors (Lipinski definition) is 1. The second kappa shape index (κ2) is 5.50. The van der Waals surface area contributed by atoms with Crippen LogP contribution in [-0.4, -0.2) is 19.1 Å². The van der Waals surface area contributed by atoms with Gasteiger partial charge in [-0.3, -0.25) is 0 Å². The molecule has 1 atom stereocenters. The molecule has 2 nitrogen and oxygen atoms in total. The third-order valence-corrected chi connectivity index (χ3v) is 3.49. The SMILES string of the molecule is CCC(N)Cc1cc(F)ccc1N1CCCC1. The van der Waals surface area contributed by atoms with Crippen molar-refractivity contribution in [2.75, 3.05) is 18.0 Å². The molecule has 1 fully saturated rings. The van der Waals surface area contributed by atoms with Crippen LogP contribution in [0.25, 0.3) is 0 Å². The zero-order valence-corrected chi connectivity index (χ0v) is 10.5. The molecule has 0 spiro atoms. The summed E-state index contributed by atoms with van der Waals surface area (Å²) in [6.07, 6.45) is 4.16. The van der Waals surface area contributed by atoms with Crippen LogP contribution in [0.2, 0.25) is 0 Å². The summed E-state index contributed by atoms with van der Waals surface area (Å²) in [5.74, 6) is -0.161. The van der Waals surface area contributed by atoms with Crippen LogP contribution in [0.4, 0.5) is 10.1 Å². The monoisotopic (exact) mass is 236 g/mol. The zero-order valence-electron chi connectivity index (χ0n) is 10.5. The van der Waals surface area contributed by atoms with Gasteiger partial charge in [0, 0.05) is 24.8 Å². The standard InChI is InChI=1S/C14H21FN2/c1-2-13(16)10-11-9-12(15)5-6-14(11)17-7-3-4-8-17/h5-6,9,13H,2-4,7-8,10,16H2,1H3. The molecule has 3 heteroatoms. The number of hydrogen-bond acceptors (Lipinski definition) is 2. The highest BCUT2D eigenvalue weighted by Gasteiger charge is 2.17. The van der Waals surface area contributed by atoms with Crippen molar-refractivity contribution in [2.45, 2.75) is 38.6 Å². The molecule has 94 valence electrons. The normalized spacial score (nSPS) is 17.5. The van der Waals surface area contributed by atoms with Gasteiger partial charge in [-0.1, -0.05) is 6.92 Å². The Morgan fingerprint density at radius 3 is 2.71 bits per heavy atom. The van der Waals surface area contributed by atoms with E-state index in [0.29, 0.717) is 0 Å². The summed E-state index contributed by atoms with van der Waals surface area (Å²) in [4.78, 5) is 2.34. The second-order valence-electron chi connectivity index (χ2n) is 4.84. The van der Waals surface area contributed by atoms with Gasteiger partial charge in [0.25, 0.3) is 0 Å². The molecule has 1 aromatic rings. The first kappa shape index (κ1) is 12.4. The molecule has 0 aliphatic carbocycles. The highest BCUT2D eigenvalue weighted by atomic mass is 19.1. The summed E-state index contributed by atoms with van der Waals surface area (Å²) < 4.78 is 13.3. The fraction of sp³-hybridized carbons (Fsp3) is 0.571. The van der Waals surface area contributed by atoms with Gasteiger partial charge in [0.05, 0.1) is 0 Å². The van der Waals surface area contributed by atoms with Crippen LogP contribution >= 0.6 is 0 Å². The lowest BCUT2D eigenvalue weighted by molar-refractivity contribution is 0.614. The molecule has 1 unspecified atom stereocenters. The maximum atomic E-state index is 13.3. The Kier molecular flexibility index (Phi) is 4.00. The molecule has 1 aliphatic rings. The van der Waals surface area contributed by atoms with Crippen molar-refractivity contribution in [1.29, 1.82) is 0 Å². The minimum atomic E-state index is -0.161. The Labute approximate surface area is 103 Å². The van der Waals surface area contributed by atoms with Crippen molar-refractivity contribution in [1.82, 2.24) is 0 Å². The molecule has 0 saturated carbocycles. The Morgan fingerprint density at radius 2 is 2.06 bits per heavy atom. The highest BCUT2D eigenvalue weighted by molar-refractivity contribution is 5.54. The second-order valence-corrected chi connectivity index (χ2v) is 4.84. The van der Waals surface area contributed by atoms with E-state index in [-0.39, 0.29) is 11.9 Å². The van der Waals surface area contributed by atoms with E-state index < -0.39 is 0 Å². The number of anilines is 1. The quantitative estimate of drug-likeness (QED) is 0.871. The topological polar surface area (TPSA) is 29.3 Å². The molecule has 0 aromatic heterocycles. The lowest BCUT2D eigenvalue weighted by atomic mass is 10.0. The van der Waals surface area contributed by atoms with E-state index in [2.05, 4.69) is 11.8 Å². The predicted octanol–water partition coefficient (Wildman–Crippen LogP) is 2.71. The Morgan fingerprint density at radius 1 is 1.35 bits per heavy atom. The molecule has 1 aromatic carbocycles. The fourth-order valence-electron chi connectivity index (χ4n) is 2.41. The van der Waals surface area contributed by atoms with Gasteiger partial charge >= 0.3 is 0 Å². The molecular formula is C14H21FN2. The number of nitrogens with zero attached hydrogens (tertiary/aromatic N) is 1. The first-order valence-corrected chi connectivity index (χ1v) is 6.49. The van der Waals surface area contributed by atoms with Gasteiger partial charge in [0.1, 0.15) is 5.82 Å². The average Bonchev–Trinajstić information content (AvgIpc) is 2.82. The Balaban J connectivity index is 2.23. The third-order valence-electron chi connectivity index (χ3n) is 3.49. The molecule has 2 rings (SSSR count). The Bertz CT molecular complexity index is 372. The van der Waals surface area contributed by atoms with Crippen molar-refractivity contribution in [3.8, 4) is 0 Å². The van der Waals surface area contributed by atoms with Crippen LogP contribution < -0.4 is 10.6 Å². The number of nitrogens with two attached hydrogens (primary N) is 1. The first-order valence-electron chi connectivity index (χ1n) is 6.49. The average molecular weight is 236 g/mol. The molecule has 0 amide bonds. The van der Waals surface area contributed by atoms with Gasteiger partial charge in [-0.25, -0.2) is 4.39 Å². The van der Waals surface area contributed by atoms with E-state index in [0.717, 1.165) is 31.5 Å². The van der Waals surface area contributed by atoms with Crippen LogP contribution in [0.3, 0.4) is 0 Å². The van der Waals surface area contributed by atoms with Crippen molar-refractivity contribution < 1.29 is 4.39 Å². The van der Waals surface area contributed by atoms with Gasteiger partial charge in [0.15, 0.2) is 0 Å². The van der Waals surface area contributed by atoms with Gasteiger partial charge in [0.2, 0.25) is 0 Å². The maximum absolute atomic E-state index is 13.3. The summed E-state index contributed by atoms with van der Waals surface area (Å²) in [7, 11) is 0. The largest absolute Gasteiger partial charge is 0.371 e. The Hall–Kier alpha value is -1.09. The first-order chi connectivity index (χ1) is 8.20. The smallest absolute Gasteiger partial charge is 0.123 e. The summed E-state index contributed by atoms with van der Waals surface area (Å²) >= 11 is 0. The van der Waals surface area contributed by atoms with Gasteiger partial charge in [-0.2, -0.15) is 0 Å². The zero-order chi connectivity index (χ0) is 12.3. The fourth-order valence-corrected chi connectivity index (χ4v) is 2.41. The highest BCUT2D eigenvalue weighted by Crippen LogP contribution is 2.26. The van der Waals surface area contributed by atoms with E-state index in [1.807, 2.05) is 6.07 Å². The van der Waals surface area contributed by atoms with Crippen molar-refractivity contribution >= 4 is 5.69 Å². The van der Waals surface area contributed by atoms with Crippen LogP contribution in [0.1, 0.15) is 31.7 Å². The molecule has 1 aliphatic heterocycles. The minimum absolute atomic E-state index is 0.123. The molecule has 0 radical (unpaired) electrons. The van der Waals surface area contributed by atoms with E-state index in [1.54, 1.807) is 12.1 Å². The van der Waals surface area contributed by atoms with Gasteiger partial charge < -0.3 is 10.6 Å². The molecule has 1 saturated heterocycles. The lowest BCUT2D eigenvalue weighted by Gasteiger charge is -2.22. The molecule has 0 bridgehead atoms. The van der Waals surface area contributed by atoms with Crippen LogP contribution in [0.5, 0.6) is 0 Å². The lowest BCUT2D eigenvalue weighted by Crippen LogP contribution is -2.25. The van der Waals surface area contributed by atoms with Crippen LogP contribution in [0.15, 0.2) is 18.2 Å². The van der Waals surface area contributed by atoms with Crippen LogP contribution in [-0.2, 0) is 6.42 Å². The summed E-state index contributed by atoms with van der Waals surface area (Å²) in [6.45, 7) is 4.24. The van der Waals surface area contributed by atoms with Crippen LogP contribution in [0, 0.1) is 5.82 Å². The van der Waals surface area contributed by atoms with Crippen molar-refractivity contribution in [3.05, 3.63) is 29.6 Å². The molecule has 1 heterocycles. The third kappa shape index (κ3) is 2.97.